The number of thiophene rings is 1. The first kappa shape index (κ1) is 17.2. The monoisotopic (exact) mass is 421 g/mol. The zero-order chi connectivity index (χ0) is 17.6. The van der Waals surface area contributed by atoms with Crippen LogP contribution in [0.1, 0.15) is 22.0 Å². The molecule has 0 bridgehead atoms. The van der Waals surface area contributed by atoms with Crippen molar-refractivity contribution in [2.75, 3.05) is 0 Å². The Morgan fingerprint density at radius 2 is 2.12 bits per heavy atom. The van der Waals surface area contributed by atoms with Gasteiger partial charge in [0.1, 0.15) is 0 Å². The maximum Gasteiger partial charge on any atom is 0.279 e. The number of aromatic nitrogens is 3. The quantitative estimate of drug-likeness (QED) is 0.611. The number of hydrazine groups is 1. The number of aryl methyl sites for hydroxylation is 1. The molecule has 0 atom stereocenters. The first-order valence-corrected chi connectivity index (χ1v) is 8.80. The van der Waals surface area contributed by atoms with Crippen LogP contribution in [0.15, 0.2) is 45.0 Å². The van der Waals surface area contributed by atoms with Gasteiger partial charge in [-0.3, -0.25) is 25.4 Å². The molecule has 0 saturated carbocycles. The first-order valence-electron chi connectivity index (χ1n) is 7.19. The van der Waals surface area contributed by atoms with Gasteiger partial charge in [0.05, 0.1) is 8.66 Å². The fourth-order valence-electron chi connectivity index (χ4n) is 1.88. The number of rotatable bonds is 5. The van der Waals surface area contributed by atoms with E-state index in [1.54, 1.807) is 30.6 Å². The summed E-state index contributed by atoms with van der Waals surface area (Å²) in [6.45, 7) is 0. The summed E-state index contributed by atoms with van der Waals surface area (Å²) in [5.74, 6) is 0.0217. The van der Waals surface area contributed by atoms with Crippen molar-refractivity contribution < 1.29 is 14.1 Å². The molecule has 3 heterocycles. The van der Waals surface area contributed by atoms with Crippen LogP contribution >= 0.6 is 27.3 Å². The highest BCUT2D eigenvalue weighted by Crippen LogP contribution is 2.21. The van der Waals surface area contributed by atoms with Gasteiger partial charge in [0, 0.05) is 30.8 Å². The van der Waals surface area contributed by atoms with Crippen LogP contribution in [0, 0.1) is 0 Å². The Hall–Kier alpha value is -2.59. The summed E-state index contributed by atoms with van der Waals surface area (Å²) < 4.78 is 5.95. The van der Waals surface area contributed by atoms with Crippen LogP contribution in [0.2, 0.25) is 0 Å². The van der Waals surface area contributed by atoms with Crippen LogP contribution in [0.5, 0.6) is 0 Å². The first-order chi connectivity index (χ1) is 12.1. The zero-order valence-electron chi connectivity index (χ0n) is 12.7. The number of carbonyl (C=O) groups is 2. The minimum absolute atomic E-state index is 0.100. The van der Waals surface area contributed by atoms with Gasteiger partial charge >= 0.3 is 0 Å². The van der Waals surface area contributed by atoms with Crippen LogP contribution in [-0.2, 0) is 11.2 Å². The molecule has 3 aromatic rings. The van der Waals surface area contributed by atoms with Crippen molar-refractivity contribution in [1.29, 1.82) is 0 Å². The Bertz CT molecular complexity index is 880. The van der Waals surface area contributed by atoms with Gasteiger partial charge < -0.3 is 4.52 Å². The van der Waals surface area contributed by atoms with Crippen molar-refractivity contribution in [3.63, 3.8) is 0 Å². The molecule has 0 aliphatic rings. The van der Waals surface area contributed by atoms with E-state index in [9.17, 15) is 9.59 Å². The Morgan fingerprint density at radius 1 is 1.24 bits per heavy atom. The highest BCUT2D eigenvalue weighted by atomic mass is 79.9. The second kappa shape index (κ2) is 7.99. The molecule has 0 aliphatic heterocycles. The summed E-state index contributed by atoms with van der Waals surface area (Å²) in [6, 6.07) is 7.01. The van der Waals surface area contributed by atoms with E-state index in [-0.39, 0.29) is 24.7 Å². The largest absolute Gasteiger partial charge is 0.339 e. The van der Waals surface area contributed by atoms with Crippen LogP contribution < -0.4 is 10.9 Å². The normalized spacial score (nSPS) is 10.4. The molecule has 25 heavy (non-hydrogen) atoms. The average molecular weight is 422 g/mol. The maximum atomic E-state index is 11.8. The number of hydrogen-bond donors (Lipinski definition) is 2. The van der Waals surface area contributed by atoms with Gasteiger partial charge in [-0.15, -0.1) is 11.3 Å². The number of nitrogens with one attached hydrogen (secondary N) is 2. The predicted octanol–water partition coefficient (Wildman–Crippen LogP) is 2.35. The van der Waals surface area contributed by atoms with E-state index < -0.39 is 0 Å². The Balaban J connectivity index is 1.46. The van der Waals surface area contributed by atoms with Crippen molar-refractivity contribution in [2.45, 2.75) is 12.8 Å². The van der Waals surface area contributed by atoms with Crippen molar-refractivity contribution in [2.24, 2.45) is 0 Å². The van der Waals surface area contributed by atoms with E-state index in [0.717, 1.165) is 9.35 Å². The molecule has 0 aromatic carbocycles. The molecule has 0 radical (unpaired) electrons. The molecular weight excluding hydrogens is 410 g/mol. The SMILES string of the molecule is O=C(CCc1nc(-c2cccnc2)no1)NNC(=O)c1ccc(Br)s1. The zero-order valence-corrected chi connectivity index (χ0v) is 15.1. The molecule has 0 aliphatic carbocycles. The topological polar surface area (TPSA) is 110 Å². The second-order valence-electron chi connectivity index (χ2n) is 4.86. The second-order valence-corrected chi connectivity index (χ2v) is 7.32. The van der Waals surface area contributed by atoms with Crippen LogP contribution in [-0.4, -0.2) is 26.9 Å². The molecule has 0 saturated heterocycles. The third kappa shape index (κ3) is 4.70. The van der Waals surface area contributed by atoms with E-state index in [1.807, 2.05) is 6.07 Å². The molecule has 10 heteroatoms. The Labute approximate surface area is 154 Å². The number of hydrogen-bond acceptors (Lipinski definition) is 7. The van der Waals surface area contributed by atoms with E-state index in [2.05, 4.69) is 41.9 Å². The van der Waals surface area contributed by atoms with Crippen LogP contribution in [0.3, 0.4) is 0 Å². The molecule has 2 amide bonds. The maximum absolute atomic E-state index is 11.8. The van der Waals surface area contributed by atoms with E-state index >= 15 is 0 Å². The number of pyridine rings is 1. The lowest BCUT2D eigenvalue weighted by atomic mass is 10.2. The summed E-state index contributed by atoms with van der Waals surface area (Å²) in [4.78, 5) is 32.3. The summed E-state index contributed by atoms with van der Waals surface area (Å²) in [5, 5.41) is 3.85. The summed E-state index contributed by atoms with van der Waals surface area (Å²) >= 11 is 4.55. The molecule has 8 nitrogen and oxygen atoms in total. The van der Waals surface area contributed by atoms with Crippen molar-refractivity contribution >= 4 is 39.1 Å². The third-order valence-corrected chi connectivity index (χ3v) is 4.69. The average Bonchev–Trinajstić information content (AvgIpc) is 3.28. The van der Waals surface area contributed by atoms with Gasteiger partial charge in [-0.05, 0) is 40.2 Å². The molecule has 0 spiro atoms. The van der Waals surface area contributed by atoms with Gasteiger partial charge in [0.15, 0.2) is 0 Å². The number of nitrogens with zero attached hydrogens (tertiary/aromatic N) is 3. The highest BCUT2D eigenvalue weighted by Gasteiger charge is 2.12. The van der Waals surface area contributed by atoms with Gasteiger partial charge in [-0.25, -0.2) is 0 Å². The Kier molecular flexibility index (Phi) is 5.51. The smallest absolute Gasteiger partial charge is 0.279 e. The summed E-state index contributed by atoms with van der Waals surface area (Å²) in [5.41, 5.74) is 5.44. The lowest BCUT2D eigenvalue weighted by molar-refractivity contribution is -0.121. The number of halogens is 1. The molecule has 3 aromatic heterocycles. The fraction of sp³-hybridized carbons (Fsp3) is 0.133. The Morgan fingerprint density at radius 3 is 2.84 bits per heavy atom. The number of carbonyl (C=O) groups excluding carboxylic acids is 2. The molecule has 0 unspecified atom stereocenters. The van der Waals surface area contributed by atoms with Crippen LogP contribution in [0.25, 0.3) is 11.4 Å². The third-order valence-electron chi connectivity index (χ3n) is 3.07. The molecular formula is C15H12BrN5O3S. The predicted molar refractivity (Wildman–Crippen MR) is 93.5 cm³/mol. The van der Waals surface area contributed by atoms with Crippen molar-refractivity contribution in [3.8, 4) is 11.4 Å². The molecule has 128 valence electrons. The minimum Gasteiger partial charge on any atom is -0.339 e. The number of amides is 2. The van der Waals surface area contributed by atoms with Gasteiger partial charge in [-0.2, -0.15) is 4.98 Å². The van der Waals surface area contributed by atoms with E-state index in [4.69, 9.17) is 4.52 Å². The molecule has 0 fully saturated rings. The summed E-state index contributed by atoms with van der Waals surface area (Å²) in [7, 11) is 0. The standard InChI is InChI=1S/C15H12BrN5O3S/c16-11-4-3-10(25-11)15(23)20-19-12(22)5-6-13-18-14(21-24-13)9-2-1-7-17-8-9/h1-4,7-8H,5-6H2,(H,19,22)(H,20,23). The van der Waals surface area contributed by atoms with Gasteiger partial charge in [0.25, 0.3) is 5.91 Å². The molecule has 2 N–H and O–H groups in total. The van der Waals surface area contributed by atoms with Gasteiger partial charge in [0.2, 0.25) is 17.6 Å². The van der Waals surface area contributed by atoms with Crippen LogP contribution in [0.4, 0.5) is 0 Å². The minimum atomic E-state index is -0.374. The van der Waals surface area contributed by atoms with Crippen molar-refractivity contribution in [3.05, 3.63) is 51.2 Å². The molecule has 3 rings (SSSR count). The summed E-state index contributed by atoms with van der Waals surface area (Å²) in [6.07, 6.45) is 3.64. The lowest BCUT2D eigenvalue weighted by Gasteiger charge is -2.04. The highest BCUT2D eigenvalue weighted by molar-refractivity contribution is 9.11. The van der Waals surface area contributed by atoms with E-state index in [0.29, 0.717) is 16.6 Å². The lowest BCUT2D eigenvalue weighted by Crippen LogP contribution is -2.41. The fourth-order valence-corrected chi connectivity index (χ4v) is 3.16. The van der Waals surface area contributed by atoms with Gasteiger partial charge in [-0.1, -0.05) is 5.16 Å². The van der Waals surface area contributed by atoms with Crippen molar-refractivity contribution in [1.82, 2.24) is 26.0 Å². The van der Waals surface area contributed by atoms with E-state index in [1.165, 1.54) is 11.3 Å².